The second kappa shape index (κ2) is 6.83. The highest BCUT2D eigenvalue weighted by Crippen LogP contribution is 2.29. The molecule has 0 bridgehead atoms. The van der Waals surface area contributed by atoms with E-state index in [9.17, 15) is 18.0 Å². The molecule has 142 valence electrons. The van der Waals surface area contributed by atoms with Crippen LogP contribution in [-0.4, -0.2) is 47.2 Å². The zero-order valence-corrected chi connectivity index (χ0v) is 14.7. The smallest absolute Gasteiger partial charge is 0.352 e. The second-order valence-corrected chi connectivity index (χ2v) is 6.88. The van der Waals surface area contributed by atoms with E-state index < -0.39 is 11.7 Å². The molecule has 1 amide bonds. The van der Waals surface area contributed by atoms with Gasteiger partial charge in [0.2, 0.25) is 0 Å². The molecule has 0 N–H and O–H groups in total. The van der Waals surface area contributed by atoms with E-state index in [1.807, 2.05) is 0 Å². The molecule has 1 aliphatic heterocycles. The van der Waals surface area contributed by atoms with Crippen molar-refractivity contribution in [3.8, 4) is 0 Å². The molecule has 0 unspecified atom stereocenters. The zero-order valence-electron chi connectivity index (χ0n) is 14.7. The summed E-state index contributed by atoms with van der Waals surface area (Å²) in [6, 6.07) is 6.46. The van der Waals surface area contributed by atoms with Crippen molar-refractivity contribution in [1.29, 1.82) is 0 Å². The summed E-state index contributed by atoms with van der Waals surface area (Å²) in [6.45, 7) is 2.25. The molecule has 2 aromatic rings. The predicted octanol–water partition coefficient (Wildman–Crippen LogP) is 2.95. The van der Waals surface area contributed by atoms with Gasteiger partial charge < -0.3 is 9.80 Å². The minimum Gasteiger partial charge on any atom is -0.352 e. The summed E-state index contributed by atoms with van der Waals surface area (Å²) >= 11 is 0. The van der Waals surface area contributed by atoms with E-state index in [2.05, 4.69) is 21.2 Å². The SMILES string of the molecule is O=C(c1ccc(C(F)(F)F)cc1)N1CCN(c2cc3c(nn2)CCC3)CC1. The standard InChI is InChI=1S/C19H19F3N4O/c20-19(21,22)15-6-4-13(5-7-15)18(27)26-10-8-25(9-11-26)17-12-14-2-1-3-16(14)23-24-17/h4-7,12H,1-3,8-11H2. The van der Waals surface area contributed by atoms with Gasteiger partial charge in [-0.2, -0.15) is 18.3 Å². The summed E-state index contributed by atoms with van der Waals surface area (Å²) in [5.41, 5.74) is 1.85. The molecule has 0 atom stereocenters. The number of hydrogen-bond donors (Lipinski definition) is 0. The van der Waals surface area contributed by atoms with Crippen molar-refractivity contribution in [3.63, 3.8) is 0 Å². The first-order valence-corrected chi connectivity index (χ1v) is 8.99. The van der Waals surface area contributed by atoms with Crippen molar-refractivity contribution in [2.75, 3.05) is 31.1 Å². The van der Waals surface area contributed by atoms with Crippen LogP contribution in [0.1, 0.15) is 33.6 Å². The Bertz CT molecular complexity index is 843. The summed E-state index contributed by atoms with van der Waals surface area (Å²) in [5.74, 6) is 0.584. The van der Waals surface area contributed by atoms with E-state index in [-0.39, 0.29) is 11.5 Å². The Balaban J connectivity index is 1.39. The monoisotopic (exact) mass is 376 g/mol. The Hall–Kier alpha value is -2.64. The number of carbonyl (C=O) groups is 1. The van der Waals surface area contributed by atoms with E-state index in [1.165, 1.54) is 17.7 Å². The third-order valence-electron chi connectivity index (χ3n) is 5.16. The average molecular weight is 376 g/mol. The van der Waals surface area contributed by atoms with Gasteiger partial charge in [0.25, 0.3) is 5.91 Å². The first-order valence-electron chi connectivity index (χ1n) is 8.99. The Morgan fingerprint density at radius 3 is 2.33 bits per heavy atom. The van der Waals surface area contributed by atoms with Gasteiger partial charge in [-0.3, -0.25) is 4.79 Å². The van der Waals surface area contributed by atoms with Crippen LogP contribution in [0.15, 0.2) is 30.3 Å². The molecule has 5 nitrogen and oxygen atoms in total. The Morgan fingerprint density at radius 1 is 0.963 bits per heavy atom. The molecule has 0 spiro atoms. The van der Waals surface area contributed by atoms with Crippen LogP contribution in [0.25, 0.3) is 0 Å². The molecular weight excluding hydrogens is 357 g/mol. The molecule has 1 fully saturated rings. The Morgan fingerprint density at radius 2 is 1.67 bits per heavy atom. The maximum atomic E-state index is 12.7. The molecule has 27 heavy (non-hydrogen) atoms. The lowest BCUT2D eigenvalue weighted by Crippen LogP contribution is -2.49. The van der Waals surface area contributed by atoms with Gasteiger partial charge in [0.1, 0.15) is 0 Å². The molecule has 0 radical (unpaired) electrons. The maximum Gasteiger partial charge on any atom is 0.416 e. The first kappa shape index (κ1) is 17.8. The van der Waals surface area contributed by atoms with E-state index in [0.29, 0.717) is 26.2 Å². The van der Waals surface area contributed by atoms with Crippen LogP contribution in [0, 0.1) is 0 Å². The van der Waals surface area contributed by atoms with Gasteiger partial charge in [-0.15, -0.1) is 5.10 Å². The van der Waals surface area contributed by atoms with Crippen LogP contribution < -0.4 is 4.90 Å². The lowest BCUT2D eigenvalue weighted by molar-refractivity contribution is -0.137. The Labute approximate surface area is 154 Å². The number of nitrogens with zero attached hydrogens (tertiary/aromatic N) is 4. The third-order valence-corrected chi connectivity index (χ3v) is 5.16. The number of fused-ring (bicyclic) bond motifs is 1. The molecular formula is C19H19F3N4O. The summed E-state index contributed by atoms with van der Waals surface area (Å²) in [6.07, 6.45) is -1.27. The highest BCUT2D eigenvalue weighted by molar-refractivity contribution is 5.94. The summed E-state index contributed by atoms with van der Waals surface area (Å²) in [5, 5.41) is 8.60. The lowest BCUT2D eigenvalue weighted by atomic mass is 10.1. The number of piperazine rings is 1. The lowest BCUT2D eigenvalue weighted by Gasteiger charge is -2.35. The topological polar surface area (TPSA) is 49.3 Å². The number of alkyl halides is 3. The van der Waals surface area contributed by atoms with Crippen LogP contribution in [0.5, 0.6) is 0 Å². The largest absolute Gasteiger partial charge is 0.416 e. The molecule has 2 aliphatic rings. The van der Waals surface area contributed by atoms with Crippen molar-refractivity contribution in [3.05, 3.63) is 52.7 Å². The van der Waals surface area contributed by atoms with E-state index in [4.69, 9.17) is 0 Å². The molecule has 0 saturated carbocycles. The van der Waals surface area contributed by atoms with Crippen LogP contribution in [0.3, 0.4) is 0 Å². The summed E-state index contributed by atoms with van der Waals surface area (Å²) in [7, 11) is 0. The molecule has 1 saturated heterocycles. The van der Waals surface area contributed by atoms with Gasteiger partial charge in [0.05, 0.1) is 11.3 Å². The number of anilines is 1. The zero-order chi connectivity index (χ0) is 19.0. The highest BCUT2D eigenvalue weighted by Gasteiger charge is 2.31. The summed E-state index contributed by atoms with van der Waals surface area (Å²) in [4.78, 5) is 16.3. The third kappa shape index (κ3) is 3.61. The van der Waals surface area contributed by atoms with Gasteiger partial charge in [0, 0.05) is 31.7 Å². The molecule has 1 aromatic heterocycles. The molecule has 1 aromatic carbocycles. The fraction of sp³-hybridized carbons (Fsp3) is 0.421. The van der Waals surface area contributed by atoms with Gasteiger partial charge in [-0.05, 0) is 55.2 Å². The van der Waals surface area contributed by atoms with Crippen LogP contribution in [-0.2, 0) is 19.0 Å². The molecule has 4 rings (SSSR count). The van der Waals surface area contributed by atoms with Crippen LogP contribution >= 0.6 is 0 Å². The van der Waals surface area contributed by atoms with Gasteiger partial charge >= 0.3 is 6.18 Å². The number of aryl methyl sites for hydroxylation is 2. The first-order chi connectivity index (χ1) is 12.9. The van der Waals surface area contributed by atoms with Crippen LogP contribution in [0.4, 0.5) is 19.0 Å². The molecule has 8 heteroatoms. The second-order valence-electron chi connectivity index (χ2n) is 6.88. The minimum atomic E-state index is -4.40. The number of carbonyl (C=O) groups excluding carboxylic acids is 1. The normalized spacial score (nSPS) is 17.1. The quantitative estimate of drug-likeness (QED) is 0.809. The fourth-order valence-electron chi connectivity index (χ4n) is 3.59. The fourth-order valence-corrected chi connectivity index (χ4v) is 3.59. The van der Waals surface area contributed by atoms with Crippen molar-refractivity contribution in [2.45, 2.75) is 25.4 Å². The average Bonchev–Trinajstić information content (AvgIpc) is 3.15. The van der Waals surface area contributed by atoms with Crippen LogP contribution in [0.2, 0.25) is 0 Å². The number of benzene rings is 1. The van der Waals surface area contributed by atoms with Gasteiger partial charge in [0.15, 0.2) is 5.82 Å². The van der Waals surface area contributed by atoms with Crippen molar-refractivity contribution in [1.82, 2.24) is 15.1 Å². The maximum absolute atomic E-state index is 12.7. The van der Waals surface area contributed by atoms with Gasteiger partial charge in [-0.1, -0.05) is 0 Å². The summed E-state index contributed by atoms with van der Waals surface area (Å²) < 4.78 is 38.0. The number of hydrogen-bond acceptors (Lipinski definition) is 4. The van der Waals surface area contributed by atoms with E-state index in [1.54, 1.807) is 4.90 Å². The van der Waals surface area contributed by atoms with Crippen molar-refractivity contribution < 1.29 is 18.0 Å². The van der Waals surface area contributed by atoms with Gasteiger partial charge in [-0.25, -0.2) is 0 Å². The van der Waals surface area contributed by atoms with Crippen molar-refractivity contribution >= 4 is 11.7 Å². The van der Waals surface area contributed by atoms with E-state index in [0.717, 1.165) is 42.9 Å². The number of rotatable bonds is 2. The number of halogens is 3. The molecule has 2 heterocycles. The molecule has 1 aliphatic carbocycles. The van der Waals surface area contributed by atoms with Crippen molar-refractivity contribution in [2.24, 2.45) is 0 Å². The number of amides is 1. The van der Waals surface area contributed by atoms with E-state index >= 15 is 0 Å². The Kier molecular flexibility index (Phi) is 4.49. The minimum absolute atomic E-state index is 0.247. The number of aromatic nitrogens is 2. The highest BCUT2D eigenvalue weighted by atomic mass is 19.4. The predicted molar refractivity (Wildman–Crippen MR) is 93.6 cm³/mol.